The second kappa shape index (κ2) is 6.66. The predicted octanol–water partition coefficient (Wildman–Crippen LogP) is 1.94. The van der Waals surface area contributed by atoms with E-state index in [9.17, 15) is 14.9 Å². The molecule has 0 bridgehead atoms. The molecule has 1 aliphatic rings. The van der Waals surface area contributed by atoms with E-state index in [4.69, 9.17) is 0 Å². The molecule has 1 saturated heterocycles. The van der Waals surface area contributed by atoms with Crippen LogP contribution in [0.3, 0.4) is 0 Å². The van der Waals surface area contributed by atoms with E-state index in [2.05, 4.69) is 9.88 Å². The summed E-state index contributed by atoms with van der Waals surface area (Å²) in [6.45, 7) is 4.46. The van der Waals surface area contributed by atoms with Crippen LogP contribution in [-0.4, -0.2) is 36.9 Å². The van der Waals surface area contributed by atoms with Gasteiger partial charge in [-0.1, -0.05) is 0 Å². The number of rotatable bonds is 4. The molecule has 24 heavy (non-hydrogen) atoms. The third-order valence-electron chi connectivity index (χ3n) is 4.24. The summed E-state index contributed by atoms with van der Waals surface area (Å²) in [5.41, 5.74) is 1.86. The molecule has 1 fully saturated rings. The van der Waals surface area contributed by atoms with Gasteiger partial charge in [0.1, 0.15) is 13.1 Å². The van der Waals surface area contributed by atoms with Crippen molar-refractivity contribution in [1.82, 2.24) is 0 Å². The van der Waals surface area contributed by atoms with Gasteiger partial charge in [-0.05, 0) is 37.3 Å². The first-order valence-corrected chi connectivity index (χ1v) is 7.82. The first-order valence-electron chi connectivity index (χ1n) is 7.82. The van der Waals surface area contributed by atoms with Crippen molar-refractivity contribution in [2.45, 2.75) is 6.92 Å². The molecule has 0 spiro atoms. The van der Waals surface area contributed by atoms with Gasteiger partial charge in [0.15, 0.2) is 5.78 Å². The molecule has 0 atom stereocenters. The van der Waals surface area contributed by atoms with E-state index in [1.165, 1.54) is 6.07 Å². The van der Waals surface area contributed by atoms with Gasteiger partial charge >= 0.3 is 11.5 Å². The van der Waals surface area contributed by atoms with E-state index in [-0.39, 0.29) is 16.4 Å². The van der Waals surface area contributed by atoms with Gasteiger partial charge in [0.25, 0.3) is 0 Å². The van der Waals surface area contributed by atoms with E-state index < -0.39 is 0 Å². The number of ketones is 1. The normalized spacial score (nSPS) is 14.5. The Morgan fingerprint density at radius 2 is 1.71 bits per heavy atom. The largest absolute Gasteiger partial charge is 0.364 e. The summed E-state index contributed by atoms with van der Waals surface area (Å²) in [5, 5.41) is 11.2. The number of piperazine rings is 1. The van der Waals surface area contributed by atoms with E-state index in [0.29, 0.717) is 24.5 Å². The summed E-state index contributed by atoms with van der Waals surface area (Å²) in [5.74, 6) is 0.604. The quantitative estimate of drug-likeness (QED) is 0.487. The van der Waals surface area contributed by atoms with Crippen molar-refractivity contribution < 1.29 is 14.7 Å². The molecule has 0 unspecified atom stereocenters. The number of carbonyl (C=O) groups excluding carboxylic acids is 1. The predicted molar refractivity (Wildman–Crippen MR) is 90.5 cm³/mol. The minimum absolute atomic E-state index is 0.0540. The SMILES string of the molecule is CC(=O)c1ccc(N2CCN(c3[nH+]cccc3[N+](=O)[O-])CC2)cc1. The zero-order valence-corrected chi connectivity index (χ0v) is 13.4. The van der Waals surface area contributed by atoms with Crippen molar-refractivity contribution in [1.29, 1.82) is 0 Å². The minimum Gasteiger partial charge on any atom is -0.364 e. The lowest BCUT2D eigenvalue weighted by atomic mass is 10.1. The molecule has 7 nitrogen and oxygen atoms in total. The van der Waals surface area contributed by atoms with E-state index in [1.54, 1.807) is 19.2 Å². The molecule has 0 radical (unpaired) electrons. The molecule has 1 N–H and O–H groups in total. The number of H-pyrrole nitrogens is 1. The van der Waals surface area contributed by atoms with Gasteiger partial charge < -0.3 is 4.90 Å². The Kier molecular flexibility index (Phi) is 4.41. The van der Waals surface area contributed by atoms with Crippen molar-refractivity contribution in [3.8, 4) is 0 Å². The summed E-state index contributed by atoms with van der Waals surface area (Å²) in [6.07, 6.45) is 1.70. The van der Waals surface area contributed by atoms with Crippen molar-refractivity contribution in [2.75, 3.05) is 36.0 Å². The van der Waals surface area contributed by atoms with Crippen LogP contribution in [-0.2, 0) is 0 Å². The lowest BCUT2D eigenvalue weighted by molar-refractivity contribution is -0.411. The molecule has 0 amide bonds. The van der Waals surface area contributed by atoms with Crippen molar-refractivity contribution in [3.63, 3.8) is 0 Å². The fourth-order valence-corrected chi connectivity index (χ4v) is 2.92. The van der Waals surface area contributed by atoms with E-state index >= 15 is 0 Å². The molecule has 1 aromatic carbocycles. The highest BCUT2D eigenvalue weighted by Gasteiger charge is 2.30. The molecule has 2 heterocycles. The average molecular weight is 327 g/mol. The second-order valence-electron chi connectivity index (χ2n) is 5.74. The Morgan fingerprint density at radius 1 is 1.08 bits per heavy atom. The standard InChI is InChI=1S/C17H18N4O3/c1-13(22)14-4-6-15(7-5-14)19-9-11-20(12-10-19)17-16(21(23)24)3-2-8-18-17/h2-8H,9-12H2,1H3/p+1. The molecule has 1 aromatic heterocycles. The number of nitrogens with zero attached hydrogens (tertiary/aromatic N) is 3. The third-order valence-corrected chi connectivity index (χ3v) is 4.24. The van der Waals surface area contributed by atoms with Gasteiger partial charge in [-0.2, -0.15) is 0 Å². The molecule has 124 valence electrons. The molecule has 0 saturated carbocycles. The Morgan fingerprint density at radius 3 is 2.29 bits per heavy atom. The fourth-order valence-electron chi connectivity index (χ4n) is 2.92. The topological polar surface area (TPSA) is 80.8 Å². The highest BCUT2D eigenvalue weighted by atomic mass is 16.6. The number of aromatic amines is 1. The number of pyridine rings is 1. The lowest BCUT2D eigenvalue weighted by Gasteiger charge is -2.32. The molecular formula is C17H19N4O3+. The lowest BCUT2D eigenvalue weighted by Crippen LogP contribution is -2.48. The monoisotopic (exact) mass is 327 g/mol. The van der Waals surface area contributed by atoms with Crippen LogP contribution in [0.4, 0.5) is 17.2 Å². The van der Waals surface area contributed by atoms with Gasteiger partial charge in [0.2, 0.25) is 0 Å². The Labute approximate surface area is 139 Å². The van der Waals surface area contributed by atoms with Crippen LogP contribution in [0, 0.1) is 10.1 Å². The third kappa shape index (κ3) is 3.19. The van der Waals surface area contributed by atoms with Crippen molar-refractivity contribution in [3.05, 3.63) is 58.3 Å². The molecule has 2 aromatic rings. The highest BCUT2D eigenvalue weighted by molar-refractivity contribution is 5.94. The zero-order valence-electron chi connectivity index (χ0n) is 13.4. The van der Waals surface area contributed by atoms with Crippen LogP contribution in [0.2, 0.25) is 0 Å². The Balaban J connectivity index is 1.70. The molecular weight excluding hydrogens is 308 g/mol. The maximum Gasteiger partial charge on any atom is 0.357 e. The van der Waals surface area contributed by atoms with E-state index in [0.717, 1.165) is 18.8 Å². The van der Waals surface area contributed by atoms with E-state index in [1.807, 2.05) is 29.2 Å². The van der Waals surface area contributed by atoms with Gasteiger partial charge in [-0.25, -0.2) is 4.98 Å². The summed E-state index contributed by atoms with van der Waals surface area (Å²) < 4.78 is 0. The molecule has 1 aliphatic heterocycles. The van der Waals surface area contributed by atoms with Crippen molar-refractivity contribution >= 4 is 23.0 Å². The average Bonchev–Trinajstić information content (AvgIpc) is 2.62. The summed E-state index contributed by atoms with van der Waals surface area (Å²) in [4.78, 5) is 29.3. The number of nitro groups is 1. The molecule has 3 rings (SSSR count). The number of aromatic nitrogens is 1. The number of carbonyl (C=O) groups is 1. The first-order chi connectivity index (χ1) is 11.6. The fraction of sp³-hybridized carbons (Fsp3) is 0.294. The first kappa shape index (κ1) is 15.9. The van der Waals surface area contributed by atoms with Crippen molar-refractivity contribution in [2.24, 2.45) is 0 Å². The number of benzene rings is 1. The second-order valence-corrected chi connectivity index (χ2v) is 5.74. The van der Waals surface area contributed by atoms with Crippen LogP contribution in [0.5, 0.6) is 0 Å². The van der Waals surface area contributed by atoms with Gasteiger partial charge in [-0.15, -0.1) is 0 Å². The van der Waals surface area contributed by atoms with Gasteiger partial charge in [-0.3, -0.25) is 19.8 Å². The molecule has 7 heteroatoms. The number of hydrogen-bond donors (Lipinski definition) is 0. The number of Topliss-reactive ketones (excluding diaryl/α,β-unsaturated/α-hetero) is 1. The summed E-state index contributed by atoms with van der Waals surface area (Å²) in [7, 11) is 0. The van der Waals surface area contributed by atoms with Gasteiger partial charge in [0, 0.05) is 17.3 Å². The summed E-state index contributed by atoms with van der Waals surface area (Å²) >= 11 is 0. The Bertz CT molecular complexity index is 753. The van der Waals surface area contributed by atoms with Crippen LogP contribution >= 0.6 is 0 Å². The maximum absolute atomic E-state index is 11.3. The Hall–Kier alpha value is -2.96. The van der Waals surface area contributed by atoms with Crippen LogP contribution < -0.4 is 14.8 Å². The zero-order chi connectivity index (χ0) is 17.1. The maximum atomic E-state index is 11.3. The molecule has 0 aliphatic carbocycles. The number of nitrogens with one attached hydrogen (secondary N) is 1. The number of anilines is 2. The smallest absolute Gasteiger partial charge is 0.357 e. The highest BCUT2D eigenvalue weighted by Crippen LogP contribution is 2.25. The van der Waals surface area contributed by atoms with Crippen LogP contribution in [0.1, 0.15) is 17.3 Å². The van der Waals surface area contributed by atoms with Gasteiger partial charge in [0.05, 0.1) is 24.2 Å². The van der Waals surface area contributed by atoms with Crippen LogP contribution in [0.15, 0.2) is 42.6 Å². The summed E-state index contributed by atoms with van der Waals surface area (Å²) in [6, 6.07) is 10.7. The number of hydrogen-bond acceptors (Lipinski definition) is 5. The van der Waals surface area contributed by atoms with Crippen LogP contribution in [0.25, 0.3) is 0 Å². The minimum atomic E-state index is -0.362.